The molecule has 0 atom stereocenters. The Morgan fingerprint density at radius 2 is 1.87 bits per heavy atom. The average Bonchev–Trinajstić information content (AvgIpc) is 3.36. The van der Waals surface area contributed by atoms with Gasteiger partial charge in [0.2, 0.25) is 11.0 Å². The van der Waals surface area contributed by atoms with Crippen LogP contribution in [0.2, 0.25) is 0 Å². The Kier molecular flexibility index (Phi) is 6.24. The quantitative estimate of drug-likeness (QED) is 0.603. The number of amides is 1. The van der Waals surface area contributed by atoms with Crippen molar-refractivity contribution >= 4 is 32.4 Å². The predicted molar refractivity (Wildman–Crippen MR) is 121 cm³/mol. The van der Waals surface area contributed by atoms with Gasteiger partial charge in [-0.15, -0.1) is 0 Å². The summed E-state index contributed by atoms with van der Waals surface area (Å²) in [5.41, 5.74) is 1.88. The highest BCUT2D eigenvalue weighted by Gasteiger charge is 2.31. The minimum absolute atomic E-state index is 0. The molecule has 8 nitrogen and oxygen atoms in total. The van der Waals surface area contributed by atoms with Gasteiger partial charge in [0, 0.05) is 41.1 Å². The van der Waals surface area contributed by atoms with Gasteiger partial charge < -0.3 is 9.73 Å². The number of nitrogens with zero attached hydrogens (tertiary/aromatic N) is 3. The molecule has 0 spiro atoms. The number of hydrogen-bond acceptors (Lipinski definition) is 7. The van der Waals surface area contributed by atoms with E-state index in [4.69, 9.17) is 4.42 Å². The average molecular weight is 463 g/mol. The molecule has 3 aromatic rings. The van der Waals surface area contributed by atoms with Crippen molar-refractivity contribution in [2.45, 2.75) is 25.5 Å². The SMILES string of the molecule is CC(=O)Nc1nc(C)c(-c2ccc(S(=O)(=O)N3CCN(Cc4ccccc4)CC3)o2)s1.[HH]. The van der Waals surface area contributed by atoms with Crippen LogP contribution in [0.5, 0.6) is 0 Å². The van der Waals surface area contributed by atoms with E-state index in [1.54, 1.807) is 13.0 Å². The Bertz CT molecular complexity index is 1170. The highest BCUT2D eigenvalue weighted by atomic mass is 32.2. The second kappa shape index (κ2) is 8.91. The van der Waals surface area contributed by atoms with E-state index in [0.29, 0.717) is 47.6 Å². The van der Waals surface area contributed by atoms with Crippen molar-refractivity contribution in [2.75, 3.05) is 31.5 Å². The number of thiazole rings is 1. The third kappa shape index (κ3) is 4.87. The monoisotopic (exact) mass is 462 g/mol. The van der Waals surface area contributed by atoms with Crippen LogP contribution in [-0.2, 0) is 21.4 Å². The van der Waals surface area contributed by atoms with Crippen molar-refractivity contribution in [1.29, 1.82) is 0 Å². The molecule has 0 saturated carbocycles. The Morgan fingerprint density at radius 3 is 2.55 bits per heavy atom. The number of benzene rings is 1. The summed E-state index contributed by atoms with van der Waals surface area (Å²) in [4.78, 5) is 18.5. The van der Waals surface area contributed by atoms with Crippen LogP contribution in [0.25, 0.3) is 10.6 Å². The number of piperazine rings is 1. The number of aryl methyl sites for hydroxylation is 1. The topological polar surface area (TPSA) is 95.7 Å². The lowest BCUT2D eigenvalue weighted by Crippen LogP contribution is -2.48. The zero-order valence-electron chi connectivity index (χ0n) is 17.4. The molecule has 0 radical (unpaired) electrons. The maximum absolute atomic E-state index is 13.1. The fourth-order valence-electron chi connectivity index (χ4n) is 3.51. The minimum atomic E-state index is -3.72. The van der Waals surface area contributed by atoms with Crippen molar-refractivity contribution in [2.24, 2.45) is 0 Å². The lowest BCUT2D eigenvalue weighted by atomic mass is 10.2. The molecule has 1 aromatic carbocycles. The summed E-state index contributed by atoms with van der Waals surface area (Å²) < 4.78 is 33.3. The summed E-state index contributed by atoms with van der Waals surface area (Å²) in [6.45, 7) is 6.16. The largest absolute Gasteiger partial charge is 0.442 e. The van der Waals surface area contributed by atoms with E-state index < -0.39 is 10.0 Å². The third-order valence-corrected chi connectivity index (χ3v) is 7.92. The fraction of sp³-hybridized carbons (Fsp3) is 0.333. The first kappa shape index (κ1) is 21.7. The Morgan fingerprint density at radius 1 is 1.16 bits per heavy atom. The van der Waals surface area contributed by atoms with Gasteiger partial charge in [-0.25, -0.2) is 13.4 Å². The van der Waals surface area contributed by atoms with Crippen LogP contribution in [-0.4, -0.2) is 54.7 Å². The van der Waals surface area contributed by atoms with Gasteiger partial charge >= 0.3 is 0 Å². The summed E-state index contributed by atoms with van der Waals surface area (Å²) in [7, 11) is -3.72. The molecule has 10 heteroatoms. The standard InChI is InChI=1S/C21H24N4O4S2.H2/c1-15-20(30-21(22-15)23-16(2)26)18-8-9-19(29-18)31(27,28)25-12-10-24(11-13-25)14-17-6-4-3-5-7-17;/h3-9H,10-14H2,1-2H3,(H,22,23,26);1H. The van der Waals surface area contributed by atoms with E-state index in [2.05, 4.69) is 27.3 Å². The minimum Gasteiger partial charge on any atom is -0.442 e. The normalized spacial score (nSPS) is 15.8. The molecule has 2 aromatic heterocycles. The van der Waals surface area contributed by atoms with E-state index in [-0.39, 0.29) is 12.4 Å². The molecule has 0 bridgehead atoms. The highest BCUT2D eigenvalue weighted by Crippen LogP contribution is 2.35. The second-order valence-corrected chi connectivity index (χ2v) is 10.3. The van der Waals surface area contributed by atoms with E-state index >= 15 is 0 Å². The number of rotatable bonds is 6. The van der Waals surface area contributed by atoms with Gasteiger partial charge in [-0.3, -0.25) is 9.69 Å². The van der Waals surface area contributed by atoms with Gasteiger partial charge in [-0.05, 0) is 24.6 Å². The molecule has 1 N–H and O–H groups in total. The molecule has 1 amide bonds. The first-order chi connectivity index (χ1) is 14.8. The van der Waals surface area contributed by atoms with Crippen molar-refractivity contribution in [3.63, 3.8) is 0 Å². The first-order valence-electron chi connectivity index (χ1n) is 9.94. The van der Waals surface area contributed by atoms with Crippen LogP contribution < -0.4 is 5.32 Å². The fourth-order valence-corrected chi connectivity index (χ4v) is 5.81. The van der Waals surface area contributed by atoms with Crippen molar-refractivity contribution in [3.8, 4) is 10.6 Å². The number of sulfonamides is 1. The number of hydrogen-bond donors (Lipinski definition) is 1. The van der Waals surface area contributed by atoms with Gasteiger partial charge in [-0.1, -0.05) is 41.7 Å². The summed E-state index contributed by atoms with van der Waals surface area (Å²) in [6.07, 6.45) is 0. The smallest absolute Gasteiger partial charge is 0.276 e. The molecule has 1 aliphatic rings. The molecule has 166 valence electrons. The summed E-state index contributed by atoms with van der Waals surface area (Å²) >= 11 is 1.25. The van der Waals surface area contributed by atoms with Crippen LogP contribution in [0.3, 0.4) is 0 Å². The molecule has 1 aliphatic heterocycles. The van der Waals surface area contributed by atoms with Crippen molar-refractivity contribution in [1.82, 2.24) is 14.2 Å². The molecule has 4 rings (SSSR count). The Hall–Kier alpha value is -2.53. The molecular formula is C21H26N4O4S2. The van der Waals surface area contributed by atoms with Gasteiger partial charge in [0.15, 0.2) is 5.13 Å². The van der Waals surface area contributed by atoms with Gasteiger partial charge in [0.25, 0.3) is 10.0 Å². The highest BCUT2D eigenvalue weighted by molar-refractivity contribution is 7.89. The Balaban J connectivity index is 0.00000289. The number of anilines is 1. The van der Waals surface area contributed by atoms with Crippen LogP contribution >= 0.6 is 11.3 Å². The van der Waals surface area contributed by atoms with Crippen LogP contribution in [0.4, 0.5) is 5.13 Å². The van der Waals surface area contributed by atoms with Crippen molar-refractivity contribution in [3.05, 3.63) is 53.7 Å². The van der Waals surface area contributed by atoms with Crippen molar-refractivity contribution < 1.29 is 19.1 Å². The van der Waals surface area contributed by atoms with Gasteiger partial charge in [-0.2, -0.15) is 4.31 Å². The number of carbonyl (C=O) groups is 1. The molecular weight excluding hydrogens is 436 g/mol. The lowest BCUT2D eigenvalue weighted by Gasteiger charge is -2.33. The Labute approximate surface area is 187 Å². The van der Waals surface area contributed by atoms with E-state index in [1.807, 2.05) is 18.2 Å². The molecule has 31 heavy (non-hydrogen) atoms. The number of nitrogens with one attached hydrogen (secondary N) is 1. The number of aromatic nitrogens is 1. The van der Waals surface area contributed by atoms with E-state index in [0.717, 1.165) is 6.54 Å². The second-order valence-electron chi connectivity index (χ2n) is 7.40. The zero-order valence-corrected chi connectivity index (χ0v) is 19.0. The van der Waals surface area contributed by atoms with E-state index in [1.165, 1.54) is 34.2 Å². The number of carbonyl (C=O) groups excluding carboxylic acids is 1. The maximum atomic E-state index is 13.1. The van der Waals surface area contributed by atoms with E-state index in [9.17, 15) is 13.2 Å². The maximum Gasteiger partial charge on any atom is 0.276 e. The summed E-state index contributed by atoms with van der Waals surface area (Å²) in [5, 5.41) is 3.02. The third-order valence-electron chi connectivity index (χ3n) is 5.06. The molecule has 3 heterocycles. The zero-order chi connectivity index (χ0) is 22.0. The predicted octanol–water partition coefficient (Wildman–Crippen LogP) is 3.42. The van der Waals surface area contributed by atoms with Crippen LogP contribution in [0, 0.1) is 6.92 Å². The van der Waals surface area contributed by atoms with Crippen LogP contribution in [0.15, 0.2) is 52.0 Å². The summed E-state index contributed by atoms with van der Waals surface area (Å²) in [5.74, 6) is 0.210. The number of furan rings is 1. The molecule has 1 saturated heterocycles. The molecule has 0 unspecified atom stereocenters. The molecule has 0 aliphatic carbocycles. The van der Waals surface area contributed by atoms with Gasteiger partial charge in [0.05, 0.1) is 10.6 Å². The lowest BCUT2D eigenvalue weighted by molar-refractivity contribution is -0.114. The first-order valence-corrected chi connectivity index (χ1v) is 12.2. The summed E-state index contributed by atoms with van der Waals surface area (Å²) in [6, 6.07) is 13.3. The van der Waals surface area contributed by atoms with Gasteiger partial charge in [0.1, 0.15) is 5.76 Å². The van der Waals surface area contributed by atoms with Crippen LogP contribution in [0.1, 0.15) is 19.6 Å². The molecule has 1 fully saturated rings.